The van der Waals surface area contributed by atoms with Crippen LogP contribution in [0.1, 0.15) is 45.4 Å². The van der Waals surface area contributed by atoms with Crippen molar-refractivity contribution in [3.8, 4) is 0 Å². The fourth-order valence-electron chi connectivity index (χ4n) is 3.12. The van der Waals surface area contributed by atoms with Gasteiger partial charge in [0, 0.05) is 6.54 Å². The van der Waals surface area contributed by atoms with E-state index in [1.807, 2.05) is 0 Å². The number of unbranched alkanes of at least 4 members (excludes halogenated alkanes) is 1. The van der Waals surface area contributed by atoms with Crippen LogP contribution >= 0.6 is 0 Å². The highest BCUT2D eigenvalue weighted by Crippen LogP contribution is 2.19. The van der Waals surface area contributed by atoms with Crippen LogP contribution in [0.25, 0.3) is 0 Å². The number of carbonyl (C=O) groups excluding carboxylic acids is 4. The van der Waals surface area contributed by atoms with Crippen molar-refractivity contribution in [3.05, 3.63) is 0 Å². The molecule has 0 unspecified atom stereocenters. The third kappa shape index (κ3) is 7.78. The molecule has 11 nitrogen and oxygen atoms in total. The lowest BCUT2D eigenvalue weighted by atomic mass is 10.1. The molecule has 1 fully saturated rings. The lowest BCUT2D eigenvalue weighted by Gasteiger charge is -2.27. The number of hydrogen-bond donors (Lipinski definition) is 5. The van der Waals surface area contributed by atoms with E-state index in [2.05, 4.69) is 10.6 Å². The highest BCUT2D eigenvalue weighted by molar-refractivity contribution is 5.94. The Balaban J connectivity index is 2.62. The summed E-state index contributed by atoms with van der Waals surface area (Å²) in [5.41, 5.74) is 11.4. The van der Waals surface area contributed by atoms with Crippen LogP contribution in [0.3, 0.4) is 0 Å². The summed E-state index contributed by atoms with van der Waals surface area (Å²) in [5.74, 6) is -2.80. The second-order valence-electron chi connectivity index (χ2n) is 7.09. The summed E-state index contributed by atoms with van der Waals surface area (Å²) in [7, 11) is 0. The monoisotopic (exact) mass is 412 g/mol. The summed E-state index contributed by atoms with van der Waals surface area (Å²) in [4.78, 5) is 60.1. The molecule has 0 aliphatic carbocycles. The Labute approximate surface area is 169 Å². The number of likely N-dealkylation sites (tertiary alicyclic amines) is 1. The predicted molar refractivity (Wildman–Crippen MR) is 103 cm³/mol. The van der Waals surface area contributed by atoms with E-state index >= 15 is 0 Å². The first kappa shape index (κ1) is 24.5. The van der Waals surface area contributed by atoms with Gasteiger partial charge in [0.2, 0.25) is 24.0 Å². The standard InChI is InChI=1S/C18H30N5O6/c1-11(16(27)22-12(10-24)9-15(25)26)21-17(28)14-6-4-8-23(14)18(29)13(20)5-2-3-7-19/h11-14H,2-9,19-20H2,1H3,(H,21,28)(H,22,27)(H,25,26)/t11-,12-,13-,14-/m0/s1. The minimum Gasteiger partial charge on any atom is -0.481 e. The van der Waals surface area contributed by atoms with Crippen molar-refractivity contribution in [1.29, 1.82) is 0 Å². The van der Waals surface area contributed by atoms with Crippen molar-refractivity contribution in [3.63, 3.8) is 0 Å². The summed E-state index contributed by atoms with van der Waals surface area (Å²) in [6, 6.07) is -3.78. The normalized spacial score (nSPS) is 19.1. The Bertz CT molecular complexity index is 614. The fourth-order valence-corrected chi connectivity index (χ4v) is 3.12. The van der Waals surface area contributed by atoms with Crippen molar-refractivity contribution in [2.24, 2.45) is 11.5 Å². The smallest absolute Gasteiger partial charge is 0.305 e. The average molecular weight is 412 g/mol. The summed E-state index contributed by atoms with van der Waals surface area (Å²) < 4.78 is 0. The Morgan fingerprint density at radius 2 is 1.93 bits per heavy atom. The van der Waals surface area contributed by atoms with Gasteiger partial charge >= 0.3 is 5.97 Å². The number of amides is 3. The number of carbonyl (C=O) groups is 4. The van der Waals surface area contributed by atoms with Gasteiger partial charge in [0.05, 0.1) is 12.5 Å². The number of aliphatic carboxylic acids is 1. The minimum atomic E-state index is -1.31. The predicted octanol–water partition coefficient (Wildman–Crippen LogP) is -1.99. The third-order valence-corrected chi connectivity index (χ3v) is 4.71. The van der Waals surface area contributed by atoms with Crippen LogP contribution in [0, 0.1) is 0 Å². The molecular weight excluding hydrogens is 382 g/mol. The zero-order valence-electron chi connectivity index (χ0n) is 16.6. The van der Waals surface area contributed by atoms with Crippen LogP contribution in [0.15, 0.2) is 0 Å². The van der Waals surface area contributed by atoms with Crippen LogP contribution in [-0.4, -0.2) is 77.2 Å². The molecule has 0 spiro atoms. The van der Waals surface area contributed by atoms with Crippen LogP contribution in [0.4, 0.5) is 0 Å². The van der Waals surface area contributed by atoms with Crippen LogP contribution in [-0.2, 0) is 24.0 Å². The Morgan fingerprint density at radius 3 is 2.52 bits per heavy atom. The lowest BCUT2D eigenvalue weighted by molar-refractivity contribution is -0.140. The molecule has 11 heteroatoms. The van der Waals surface area contributed by atoms with Crippen LogP contribution in [0.5, 0.6) is 0 Å². The largest absolute Gasteiger partial charge is 0.481 e. The van der Waals surface area contributed by atoms with Gasteiger partial charge in [0.25, 0.3) is 0 Å². The quantitative estimate of drug-likeness (QED) is 0.228. The molecule has 1 saturated heterocycles. The molecule has 0 aromatic heterocycles. The molecule has 0 aromatic rings. The summed E-state index contributed by atoms with van der Waals surface area (Å²) in [6.07, 6.45) is 3.87. The molecule has 1 heterocycles. The van der Waals surface area contributed by atoms with Crippen molar-refractivity contribution < 1.29 is 29.1 Å². The fraction of sp³-hybridized carbons (Fsp3) is 0.722. The minimum absolute atomic E-state index is 0.311. The van der Waals surface area contributed by atoms with E-state index < -0.39 is 48.4 Å². The van der Waals surface area contributed by atoms with E-state index in [9.17, 15) is 24.0 Å². The highest BCUT2D eigenvalue weighted by atomic mass is 16.4. The maximum atomic E-state index is 12.6. The van der Waals surface area contributed by atoms with E-state index in [1.54, 1.807) is 0 Å². The third-order valence-electron chi connectivity index (χ3n) is 4.71. The first-order valence-electron chi connectivity index (χ1n) is 9.67. The van der Waals surface area contributed by atoms with Gasteiger partial charge in [-0.3, -0.25) is 24.0 Å². The van der Waals surface area contributed by atoms with Crippen molar-refractivity contribution in [2.45, 2.75) is 69.6 Å². The molecule has 0 aromatic carbocycles. The van der Waals surface area contributed by atoms with Crippen LogP contribution < -0.4 is 22.1 Å². The van der Waals surface area contributed by atoms with Crippen molar-refractivity contribution in [2.75, 3.05) is 13.1 Å². The molecule has 1 radical (unpaired) electrons. The molecule has 1 aliphatic rings. The zero-order chi connectivity index (χ0) is 22.0. The number of nitrogens with one attached hydrogen (secondary N) is 2. The number of nitrogens with zero attached hydrogens (tertiary/aromatic N) is 1. The number of nitrogens with two attached hydrogens (primary N) is 2. The van der Waals surface area contributed by atoms with Gasteiger partial charge in [0.15, 0.2) is 0 Å². The molecule has 1 aliphatic heterocycles. The van der Waals surface area contributed by atoms with Gasteiger partial charge in [-0.15, -0.1) is 0 Å². The van der Waals surface area contributed by atoms with Crippen molar-refractivity contribution in [1.82, 2.24) is 15.5 Å². The maximum absolute atomic E-state index is 12.6. The number of hydrogen-bond acceptors (Lipinski definition) is 7. The molecule has 7 N–H and O–H groups in total. The molecular formula is C18H30N5O6. The zero-order valence-corrected chi connectivity index (χ0v) is 16.6. The first-order chi connectivity index (χ1) is 13.7. The molecule has 4 atom stereocenters. The summed E-state index contributed by atoms with van der Waals surface area (Å²) in [6.45, 7) is 2.32. The van der Waals surface area contributed by atoms with Crippen LogP contribution in [0.2, 0.25) is 0 Å². The van der Waals surface area contributed by atoms with E-state index in [0.29, 0.717) is 32.4 Å². The SMILES string of the molecule is C[C@H](NC(=O)[C@@H]1CCCN1C(=O)[C@@H](N)CCCCN)C(=O)N[C@H]([C]=O)CC(=O)O. The number of carboxylic acids is 1. The maximum Gasteiger partial charge on any atom is 0.305 e. The number of rotatable bonds is 12. The average Bonchev–Trinajstić information content (AvgIpc) is 3.16. The molecule has 29 heavy (non-hydrogen) atoms. The highest BCUT2D eigenvalue weighted by Gasteiger charge is 2.37. The van der Waals surface area contributed by atoms with Gasteiger partial charge in [-0.25, -0.2) is 0 Å². The van der Waals surface area contributed by atoms with Gasteiger partial charge in [0.1, 0.15) is 18.1 Å². The van der Waals surface area contributed by atoms with Gasteiger partial charge in [-0.05, 0) is 39.2 Å². The van der Waals surface area contributed by atoms with Crippen molar-refractivity contribution >= 4 is 30.0 Å². The lowest BCUT2D eigenvalue weighted by Crippen LogP contribution is -2.55. The van der Waals surface area contributed by atoms with E-state index in [-0.39, 0.29) is 5.91 Å². The Kier molecular flexibility index (Phi) is 10.2. The molecule has 1 rings (SSSR count). The van der Waals surface area contributed by atoms with Gasteiger partial charge < -0.3 is 32.1 Å². The van der Waals surface area contributed by atoms with E-state index in [1.165, 1.54) is 18.1 Å². The molecule has 163 valence electrons. The molecule has 3 amide bonds. The Hall–Kier alpha value is -2.53. The van der Waals surface area contributed by atoms with E-state index in [0.717, 1.165) is 12.8 Å². The first-order valence-corrected chi connectivity index (χ1v) is 9.67. The summed E-state index contributed by atoms with van der Waals surface area (Å²) >= 11 is 0. The molecule has 0 saturated carbocycles. The summed E-state index contributed by atoms with van der Waals surface area (Å²) in [5, 5.41) is 13.4. The molecule has 0 bridgehead atoms. The topological polar surface area (TPSA) is 185 Å². The number of carboxylic acid groups (broad SMARTS) is 1. The van der Waals surface area contributed by atoms with Gasteiger partial charge in [-0.2, -0.15) is 0 Å². The van der Waals surface area contributed by atoms with Gasteiger partial charge in [-0.1, -0.05) is 6.42 Å². The second kappa shape index (κ2) is 12.1. The van der Waals surface area contributed by atoms with E-state index in [4.69, 9.17) is 16.6 Å². The Morgan fingerprint density at radius 1 is 1.24 bits per heavy atom. The second-order valence-corrected chi connectivity index (χ2v) is 7.09.